The molecule has 34 heavy (non-hydrogen) atoms. The van der Waals surface area contributed by atoms with Crippen LogP contribution in [0.15, 0.2) is 133 Å². The fourth-order valence-corrected chi connectivity index (χ4v) is 4.70. The Balaban J connectivity index is 0.000000136. The van der Waals surface area contributed by atoms with E-state index in [9.17, 15) is 0 Å². The van der Waals surface area contributed by atoms with E-state index in [-0.39, 0.29) is 0 Å². The van der Waals surface area contributed by atoms with Crippen molar-refractivity contribution in [2.75, 3.05) is 0 Å². The first-order valence-corrected chi connectivity index (χ1v) is 12.5. The largest absolute Gasteiger partial charge is 0.214 e. The summed E-state index contributed by atoms with van der Waals surface area (Å²) < 4.78 is 1.51. The minimum atomic E-state index is 1.05. The minimum absolute atomic E-state index is 1.05. The Bertz CT molecular complexity index is 1160. The maximum atomic E-state index is 3.30. The monoisotopic (exact) mass is 472 g/mol. The second-order valence-corrected chi connectivity index (χ2v) is 9.39. The average Bonchev–Trinajstić information content (AvgIpc) is 3.58. The van der Waals surface area contributed by atoms with E-state index in [2.05, 4.69) is 123 Å². The smallest absolute Gasteiger partial charge is 0.0253 e. The van der Waals surface area contributed by atoms with E-state index in [1.165, 1.54) is 37.2 Å². The van der Waals surface area contributed by atoms with Crippen molar-refractivity contribution in [3.05, 3.63) is 162 Å². The van der Waals surface area contributed by atoms with Gasteiger partial charge in [0.2, 0.25) is 0 Å². The van der Waals surface area contributed by atoms with Crippen molar-refractivity contribution in [1.29, 1.82) is 0 Å². The van der Waals surface area contributed by atoms with Gasteiger partial charge in [0.25, 0.3) is 0 Å². The fraction of sp³-hybridized carbons (Fsp3) is 0.0909. The molecule has 1 aliphatic rings. The second-order valence-electron chi connectivity index (χ2n) is 8.29. The van der Waals surface area contributed by atoms with Gasteiger partial charge < -0.3 is 0 Å². The summed E-state index contributed by atoms with van der Waals surface area (Å²) in [6.45, 7) is 0. The van der Waals surface area contributed by atoms with E-state index in [0.29, 0.717) is 0 Å². The van der Waals surface area contributed by atoms with Crippen molar-refractivity contribution in [1.82, 2.24) is 0 Å². The molecule has 0 radical (unpaired) electrons. The second kappa shape index (κ2) is 12.9. The summed E-state index contributed by atoms with van der Waals surface area (Å²) in [6.07, 6.45) is 3.21. The minimum Gasteiger partial charge on any atom is -0.214 e. The van der Waals surface area contributed by atoms with E-state index in [1.807, 2.05) is 36.4 Å². The van der Waals surface area contributed by atoms with Crippen LogP contribution < -0.4 is 0 Å². The molecular weight excluding hydrogens is 444 g/mol. The fourth-order valence-electron chi connectivity index (χ4n) is 4.07. The van der Waals surface area contributed by atoms with Gasteiger partial charge in [0.15, 0.2) is 0 Å². The first-order chi connectivity index (χ1) is 16.8. The Morgan fingerprint density at radius 1 is 0.647 bits per heavy atom. The molecule has 0 heterocycles. The zero-order valence-corrected chi connectivity index (χ0v) is 20.9. The van der Waals surface area contributed by atoms with Gasteiger partial charge in [-0.15, -0.1) is 5.56 Å². The molecule has 1 aliphatic carbocycles. The van der Waals surface area contributed by atoms with Gasteiger partial charge in [0, 0.05) is 0 Å². The van der Waals surface area contributed by atoms with Gasteiger partial charge in [-0.2, -0.15) is 48.0 Å². The molecule has 0 atom stereocenters. The first-order valence-electron chi connectivity index (χ1n) is 11.7. The zero-order valence-electron chi connectivity index (χ0n) is 19.3. The molecule has 0 fully saturated rings. The zero-order chi connectivity index (χ0) is 23.4. The average molecular weight is 472 g/mol. The van der Waals surface area contributed by atoms with E-state index >= 15 is 0 Å². The summed E-state index contributed by atoms with van der Waals surface area (Å²) in [5, 5.41) is 0. The maximum Gasteiger partial charge on any atom is -0.0253 e. The van der Waals surface area contributed by atoms with Crippen LogP contribution in [0.25, 0.3) is 11.1 Å². The molecule has 5 aromatic rings. The molecule has 0 aliphatic heterocycles. The van der Waals surface area contributed by atoms with Crippen molar-refractivity contribution in [3.8, 4) is 11.1 Å². The third kappa shape index (κ3) is 7.16. The van der Waals surface area contributed by atoms with Gasteiger partial charge in [-0.25, -0.2) is 12.1 Å². The van der Waals surface area contributed by atoms with Gasteiger partial charge in [0.1, 0.15) is 0 Å². The molecule has 0 aromatic heterocycles. The Kier molecular flexibility index (Phi) is 9.09. The molecule has 0 spiro atoms. The number of rotatable bonds is 4. The third-order valence-electron chi connectivity index (χ3n) is 5.69. The van der Waals surface area contributed by atoms with Crippen molar-refractivity contribution < 1.29 is 20.0 Å². The summed E-state index contributed by atoms with van der Waals surface area (Å²) in [6, 6.07) is 49.4. The third-order valence-corrected chi connectivity index (χ3v) is 6.24. The van der Waals surface area contributed by atoms with E-state index in [4.69, 9.17) is 0 Å². The van der Waals surface area contributed by atoms with Crippen LogP contribution in [-0.2, 0) is 39.2 Å². The predicted molar refractivity (Wildman–Crippen MR) is 141 cm³/mol. The molecule has 0 amide bonds. The molecule has 5 aromatic carbocycles. The van der Waals surface area contributed by atoms with Gasteiger partial charge in [-0.05, 0) is 6.42 Å². The number of hydrogen-bond acceptors (Lipinski definition) is 0. The normalized spacial score (nSPS) is 10.6. The van der Waals surface area contributed by atoms with Crippen LogP contribution in [-0.4, -0.2) is 3.81 Å². The number of benzene rings is 4. The molecule has 1 heteroatoms. The van der Waals surface area contributed by atoms with Crippen LogP contribution in [0, 0.1) is 6.07 Å². The van der Waals surface area contributed by atoms with Crippen LogP contribution in [0.5, 0.6) is 0 Å². The molecular formula is C33H28Ti. The summed E-state index contributed by atoms with van der Waals surface area (Å²) >= 11 is 2.24. The van der Waals surface area contributed by atoms with Crippen LogP contribution in [0.3, 0.4) is 0 Å². The number of fused-ring (bicyclic) bond motifs is 3. The van der Waals surface area contributed by atoms with Crippen molar-refractivity contribution in [2.24, 2.45) is 0 Å². The van der Waals surface area contributed by atoms with Gasteiger partial charge in [0.05, 0.1) is 0 Å². The van der Waals surface area contributed by atoms with Crippen LogP contribution in [0.1, 0.15) is 22.3 Å². The Hall–Kier alpha value is -3.19. The topological polar surface area (TPSA) is 0 Å². The van der Waals surface area contributed by atoms with Crippen LogP contribution in [0.2, 0.25) is 0 Å². The van der Waals surface area contributed by atoms with E-state index in [0.717, 1.165) is 19.3 Å². The SMILES string of the molecule is [Ti+2]=[C](Cc1ccccc1)Cc1ccccc1.[c-]1cccc2c1Cc1ccccc1-2.c1cc[cH-]c1. The van der Waals surface area contributed by atoms with Crippen molar-refractivity contribution in [2.45, 2.75) is 19.3 Å². The molecule has 0 bridgehead atoms. The summed E-state index contributed by atoms with van der Waals surface area (Å²) in [4.78, 5) is 0. The summed E-state index contributed by atoms with van der Waals surface area (Å²) in [5.74, 6) is 0. The van der Waals surface area contributed by atoms with Crippen molar-refractivity contribution >= 4 is 3.81 Å². The summed E-state index contributed by atoms with van der Waals surface area (Å²) in [5.41, 5.74) is 8.31. The van der Waals surface area contributed by atoms with Crippen LogP contribution in [0.4, 0.5) is 0 Å². The van der Waals surface area contributed by atoms with Crippen LogP contribution >= 0.6 is 0 Å². The molecule has 0 saturated carbocycles. The number of hydrogen-bond donors (Lipinski definition) is 0. The summed E-state index contributed by atoms with van der Waals surface area (Å²) in [7, 11) is 0. The predicted octanol–water partition coefficient (Wildman–Crippen LogP) is 7.65. The molecule has 0 saturated heterocycles. The van der Waals surface area contributed by atoms with Gasteiger partial charge in [-0.1, -0.05) is 35.4 Å². The van der Waals surface area contributed by atoms with E-state index < -0.39 is 0 Å². The van der Waals surface area contributed by atoms with Gasteiger partial charge in [-0.3, -0.25) is 0 Å². The molecule has 0 unspecified atom stereocenters. The van der Waals surface area contributed by atoms with Gasteiger partial charge >= 0.3 is 108 Å². The Morgan fingerprint density at radius 2 is 1.21 bits per heavy atom. The Morgan fingerprint density at radius 3 is 1.79 bits per heavy atom. The maximum absolute atomic E-state index is 3.30. The van der Waals surface area contributed by atoms with E-state index in [1.54, 1.807) is 0 Å². The molecule has 6 rings (SSSR count). The molecule has 164 valence electrons. The molecule has 0 nitrogen and oxygen atoms in total. The Labute approximate surface area is 215 Å². The standard InChI is InChI=1S/C15H14.C13H9.C5H5.Ti/c1-3-8-14(9-4-1)12-7-13-15-10-5-2-6-11-15;1-3-7-12-10(5-1)9-11-6-2-4-8-13(11)12;1-2-4-5-3-1;/h1-6,8-11H,12-13H2;1-5,7-8H,9H2;1-5H;/q;2*-1;+2. The van der Waals surface area contributed by atoms with Crippen molar-refractivity contribution in [3.63, 3.8) is 0 Å². The molecule has 0 N–H and O–H groups in total. The quantitative estimate of drug-likeness (QED) is 0.183. The first kappa shape index (κ1) is 24.0.